The summed E-state index contributed by atoms with van der Waals surface area (Å²) in [5.41, 5.74) is -6.80. The summed E-state index contributed by atoms with van der Waals surface area (Å²) in [6.07, 6.45) is -9.04. The summed E-state index contributed by atoms with van der Waals surface area (Å²) in [4.78, 5) is 68.6. The normalized spacial score (nSPS) is 40.2. The molecular weight excluding hydrogens is 755 g/mol. The van der Waals surface area contributed by atoms with E-state index in [4.69, 9.17) is 18.9 Å². The second-order valence-electron chi connectivity index (χ2n) is 16.1. The van der Waals surface area contributed by atoms with Crippen LogP contribution in [0.5, 0.6) is 0 Å². The third kappa shape index (κ3) is 7.14. The molecule has 2 heterocycles. The number of benzene rings is 1. The van der Waals surface area contributed by atoms with Crippen molar-refractivity contribution in [1.29, 1.82) is 0 Å². The summed E-state index contributed by atoms with van der Waals surface area (Å²) < 4.78 is 24.1. The van der Waals surface area contributed by atoms with Crippen molar-refractivity contribution in [2.75, 3.05) is 18.1 Å². The molecule has 0 aromatic heterocycles. The molecule has 2 saturated carbocycles. The molecule has 0 radical (unpaired) electrons. The topological polar surface area (TPSA) is 215 Å². The lowest BCUT2D eigenvalue weighted by Crippen LogP contribution is -2.81. The van der Waals surface area contributed by atoms with Crippen LogP contribution in [0.2, 0.25) is 0 Å². The Kier molecular flexibility index (Phi) is 11.9. The molecule has 1 amide bonds. The largest absolute Gasteiger partial charge is 0.459 e. The lowest BCUT2D eigenvalue weighted by atomic mass is 9.44. The number of aliphatic hydroxyl groups is 4. The fraction of sp³-hybridized carbons (Fsp3) is 0.667. The van der Waals surface area contributed by atoms with Crippen LogP contribution in [0, 0.1) is 16.7 Å². The first-order valence-corrected chi connectivity index (χ1v) is 21.2. The lowest BCUT2D eigenvalue weighted by molar-refractivity contribution is -0.347. The van der Waals surface area contributed by atoms with Crippen molar-refractivity contribution in [3.8, 4) is 0 Å². The highest BCUT2D eigenvalue weighted by atomic mass is 33.1. The fourth-order valence-corrected chi connectivity index (χ4v) is 11.7. The van der Waals surface area contributed by atoms with Crippen LogP contribution in [0.1, 0.15) is 84.7 Å². The Hall–Kier alpha value is -2.99. The summed E-state index contributed by atoms with van der Waals surface area (Å²) in [5.74, 6) is -4.14. The van der Waals surface area contributed by atoms with E-state index in [0.29, 0.717) is 29.9 Å². The number of ether oxygens (including phenoxy) is 4. The molecule has 11 atom stereocenters. The van der Waals surface area contributed by atoms with Gasteiger partial charge in [-0.25, -0.2) is 4.79 Å². The first kappa shape index (κ1) is 41.6. The van der Waals surface area contributed by atoms with Crippen LogP contribution in [-0.2, 0) is 42.9 Å². The van der Waals surface area contributed by atoms with E-state index >= 15 is 0 Å². The average Bonchev–Trinajstić information content (AvgIpc) is 3.12. The predicted molar refractivity (Wildman–Crippen MR) is 200 cm³/mol. The van der Waals surface area contributed by atoms with Crippen molar-refractivity contribution in [1.82, 2.24) is 5.32 Å². The first-order chi connectivity index (χ1) is 25.9. The molecule has 6 rings (SSSR count). The van der Waals surface area contributed by atoms with Gasteiger partial charge in [0, 0.05) is 49.5 Å². The fourth-order valence-electron chi connectivity index (χ4n) is 9.50. The number of nitrogens with one attached hydrogen (secondary N) is 1. The van der Waals surface area contributed by atoms with Crippen molar-refractivity contribution in [3.63, 3.8) is 0 Å². The first-order valence-electron chi connectivity index (χ1n) is 18.7. The van der Waals surface area contributed by atoms with Gasteiger partial charge >= 0.3 is 17.9 Å². The summed E-state index contributed by atoms with van der Waals surface area (Å²) >= 11 is 0. The molecule has 1 unspecified atom stereocenters. The van der Waals surface area contributed by atoms with Crippen LogP contribution in [0.4, 0.5) is 0 Å². The number of hydrogen-bond acceptors (Lipinski definition) is 15. The Labute approximate surface area is 327 Å². The Bertz CT molecular complexity index is 1720. The van der Waals surface area contributed by atoms with Crippen molar-refractivity contribution in [3.05, 3.63) is 47.0 Å². The number of fused-ring (bicyclic) bond motifs is 6. The predicted octanol–water partition coefficient (Wildman–Crippen LogP) is 2.49. The standard InChI is InChI=1S/C39H51NO13S2/c1-20-23-18-39(49)34(32-37(5,33(47)30(45)28(20)36(39,3)4)24(42)17-25-38(32,19-50-25)53-21(2)41)52-27(44)14-10-16-55-54-15-9-13-26(43)40-29(31(46)35(48)51-23)22-11-7-6-8-12-22/h6-8,11-12,23-25,29-32,34,42,45-46,49H,9-10,13-19H2,1-5H3,(H,40,43)/t23-,24-,25+,29?,30+,31+,32-,34-,37+,38-,39+/m0/s1. The highest BCUT2D eigenvalue weighted by molar-refractivity contribution is 8.76. The summed E-state index contributed by atoms with van der Waals surface area (Å²) in [7, 11) is 3.04. The number of aliphatic hydroxyl groups excluding tert-OH is 3. The number of ketones is 1. The van der Waals surface area contributed by atoms with Crippen molar-refractivity contribution in [2.24, 2.45) is 16.7 Å². The van der Waals surface area contributed by atoms with E-state index in [1.165, 1.54) is 42.4 Å². The maximum atomic E-state index is 14.9. The molecule has 302 valence electrons. The average molecular weight is 806 g/mol. The molecule has 5 N–H and O–H groups in total. The van der Waals surface area contributed by atoms with E-state index in [1.807, 2.05) is 0 Å². The third-order valence-corrected chi connectivity index (χ3v) is 15.1. The van der Waals surface area contributed by atoms with E-state index in [-0.39, 0.29) is 42.9 Å². The summed E-state index contributed by atoms with van der Waals surface area (Å²) in [5, 5.41) is 51.6. The lowest BCUT2D eigenvalue weighted by Gasteiger charge is -2.67. The van der Waals surface area contributed by atoms with Crippen molar-refractivity contribution < 1.29 is 63.3 Å². The minimum atomic E-state index is -2.26. The zero-order chi connectivity index (χ0) is 40.1. The van der Waals surface area contributed by atoms with Gasteiger partial charge in [-0.1, -0.05) is 65.8 Å². The van der Waals surface area contributed by atoms with Gasteiger partial charge in [-0.15, -0.1) is 0 Å². The van der Waals surface area contributed by atoms with E-state index < -0.39 is 101 Å². The molecule has 16 heteroatoms. The smallest absolute Gasteiger partial charge is 0.338 e. The Morgan fingerprint density at radius 3 is 2.24 bits per heavy atom. The number of esters is 3. The van der Waals surface area contributed by atoms with Crippen LogP contribution in [-0.4, -0.2) is 116 Å². The van der Waals surface area contributed by atoms with Crippen LogP contribution < -0.4 is 5.32 Å². The maximum Gasteiger partial charge on any atom is 0.338 e. The second kappa shape index (κ2) is 15.7. The highest BCUT2D eigenvalue weighted by Crippen LogP contribution is 2.64. The Morgan fingerprint density at radius 1 is 0.964 bits per heavy atom. The zero-order valence-corrected chi connectivity index (χ0v) is 33.3. The minimum Gasteiger partial charge on any atom is -0.459 e. The molecular formula is C39H51NO13S2. The van der Waals surface area contributed by atoms with Gasteiger partial charge in [0.25, 0.3) is 0 Å². The molecule has 3 bridgehead atoms. The number of hydrogen-bond donors (Lipinski definition) is 5. The Balaban J connectivity index is 1.51. The number of amides is 1. The number of carbonyl (C=O) groups is 5. The van der Waals surface area contributed by atoms with Crippen LogP contribution >= 0.6 is 21.6 Å². The van der Waals surface area contributed by atoms with Gasteiger partial charge in [-0.05, 0) is 43.4 Å². The second-order valence-corrected chi connectivity index (χ2v) is 18.8. The molecule has 1 aromatic rings. The van der Waals surface area contributed by atoms with Crippen LogP contribution in [0.15, 0.2) is 41.5 Å². The summed E-state index contributed by atoms with van der Waals surface area (Å²) in [6.45, 7) is 7.06. The van der Waals surface area contributed by atoms with Gasteiger partial charge in [-0.3, -0.25) is 19.2 Å². The van der Waals surface area contributed by atoms with Gasteiger partial charge in [0.15, 0.2) is 17.5 Å². The van der Waals surface area contributed by atoms with Crippen molar-refractivity contribution in [2.45, 2.75) is 127 Å². The van der Waals surface area contributed by atoms with Crippen molar-refractivity contribution >= 4 is 51.2 Å². The molecule has 55 heavy (non-hydrogen) atoms. The number of carbonyl (C=O) groups excluding carboxylic acids is 5. The number of Topliss-reactive ketones (excluding diaryl/α,β-unsaturated/α-hetero) is 1. The van der Waals surface area contributed by atoms with E-state index in [2.05, 4.69) is 5.32 Å². The van der Waals surface area contributed by atoms with Gasteiger partial charge in [0.2, 0.25) is 5.91 Å². The minimum absolute atomic E-state index is 0.0107. The highest BCUT2D eigenvalue weighted by Gasteiger charge is 2.78. The number of rotatable bonds is 2. The van der Waals surface area contributed by atoms with Crippen LogP contribution in [0.3, 0.4) is 0 Å². The van der Waals surface area contributed by atoms with E-state index in [1.54, 1.807) is 44.2 Å². The molecule has 3 aliphatic carbocycles. The molecule has 0 spiro atoms. The molecule has 2 aliphatic heterocycles. The third-order valence-electron chi connectivity index (χ3n) is 12.5. The monoisotopic (exact) mass is 805 g/mol. The molecule has 14 nitrogen and oxygen atoms in total. The molecule has 2 saturated heterocycles. The van der Waals surface area contributed by atoms with E-state index in [9.17, 15) is 44.4 Å². The van der Waals surface area contributed by atoms with Gasteiger partial charge in [0.1, 0.15) is 30.0 Å². The van der Waals surface area contributed by atoms with Gasteiger partial charge in [0.05, 0.1) is 30.1 Å². The molecule has 1 aromatic carbocycles. The van der Waals surface area contributed by atoms with E-state index in [0.717, 1.165) is 0 Å². The van der Waals surface area contributed by atoms with Gasteiger partial charge in [-0.2, -0.15) is 0 Å². The maximum absolute atomic E-state index is 14.9. The quantitative estimate of drug-likeness (QED) is 0.126. The Morgan fingerprint density at radius 2 is 1.62 bits per heavy atom. The molecule has 5 aliphatic rings. The zero-order valence-electron chi connectivity index (χ0n) is 31.6. The van der Waals surface area contributed by atoms with Crippen LogP contribution in [0.25, 0.3) is 0 Å². The van der Waals surface area contributed by atoms with Gasteiger partial charge < -0.3 is 44.7 Å². The molecule has 4 fully saturated rings. The SMILES string of the molecule is CC(=O)O[C@@]12CO[C@@H]1C[C@H](O)[C@@]1(C)C(=O)[C@H](O)C3=C(C)[C@@H]4C[C@@](O)([C@@H](OC(=O)CCCSSCCCC(=O)NC(c5ccccc5)[C@@H](O)C(=O)O4)[C@H]21)C3(C)C. The summed E-state index contributed by atoms with van der Waals surface area (Å²) in [6, 6.07) is 7.23.